The van der Waals surface area contributed by atoms with E-state index < -0.39 is 15.9 Å². The van der Waals surface area contributed by atoms with Gasteiger partial charge in [-0.3, -0.25) is 9.52 Å². The van der Waals surface area contributed by atoms with Crippen LogP contribution in [0.2, 0.25) is 0 Å². The zero-order valence-electron chi connectivity index (χ0n) is 16.8. The van der Waals surface area contributed by atoms with Gasteiger partial charge in [0.2, 0.25) is 5.82 Å². The number of hydrogen-bond donors (Lipinski definition) is 3. The van der Waals surface area contributed by atoms with E-state index in [9.17, 15) is 13.2 Å². The van der Waals surface area contributed by atoms with Gasteiger partial charge >= 0.3 is 0 Å². The van der Waals surface area contributed by atoms with Crippen molar-refractivity contribution < 1.29 is 17.9 Å². The van der Waals surface area contributed by atoms with Crippen LogP contribution in [-0.4, -0.2) is 42.1 Å². The van der Waals surface area contributed by atoms with E-state index in [2.05, 4.69) is 30.7 Å². The van der Waals surface area contributed by atoms with Crippen LogP contribution in [0.5, 0.6) is 5.75 Å². The number of benzene rings is 3. The van der Waals surface area contributed by atoms with Crippen LogP contribution in [0.1, 0.15) is 10.4 Å². The Bertz CT molecular complexity index is 1340. The van der Waals surface area contributed by atoms with Crippen molar-refractivity contribution in [2.24, 2.45) is 0 Å². The van der Waals surface area contributed by atoms with Gasteiger partial charge in [-0.05, 0) is 59.8 Å². The molecule has 0 radical (unpaired) electrons. The molecule has 3 aromatic carbocycles. The number of amides is 1. The van der Waals surface area contributed by atoms with E-state index in [4.69, 9.17) is 4.74 Å². The van der Waals surface area contributed by atoms with Crippen molar-refractivity contribution in [1.82, 2.24) is 20.6 Å². The second kappa shape index (κ2) is 8.86. The molecule has 0 spiro atoms. The molecular formula is C21H18N6O4S. The van der Waals surface area contributed by atoms with E-state index >= 15 is 0 Å². The predicted molar refractivity (Wildman–Crippen MR) is 118 cm³/mol. The van der Waals surface area contributed by atoms with Crippen molar-refractivity contribution in [1.29, 1.82) is 0 Å². The van der Waals surface area contributed by atoms with E-state index in [0.29, 0.717) is 34.1 Å². The van der Waals surface area contributed by atoms with E-state index in [0.717, 1.165) is 0 Å². The van der Waals surface area contributed by atoms with Crippen LogP contribution in [0.4, 0.5) is 11.4 Å². The number of aromatic amines is 1. The molecule has 3 N–H and O–H groups in total. The fraction of sp³-hybridized carbons (Fsp3) is 0.0476. The van der Waals surface area contributed by atoms with Crippen molar-refractivity contribution in [3.05, 3.63) is 78.4 Å². The van der Waals surface area contributed by atoms with E-state index in [1.54, 1.807) is 60.7 Å². The first-order valence-electron chi connectivity index (χ1n) is 9.37. The van der Waals surface area contributed by atoms with Gasteiger partial charge in [-0.1, -0.05) is 18.2 Å². The maximum absolute atomic E-state index is 12.8. The number of nitrogens with one attached hydrogen (secondary N) is 3. The molecule has 0 aliphatic heterocycles. The summed E-state index contributed by atoms with van der Waals surface area (Å²) in [7, 11) is -2.33. The summed E-state index contributed by atoms with van der Waals surface area (Å²) in [6, 6.07) is 19.2. The lowest BCUT2D eigenvalue weighted by atomic mass is 10.1. The van der Waals surface area contributed by atoms with Gasteiger partial charge in [-0.15, -0.1) is 10.2 Å². The van der Waals surface area contributed by atoms with Gasteiger partial charge in [0, 0.05) is 22.5 Å². The molecule has 1 aromatic heterocycles. The third kappa shape index (κ3) is 4.73. The molecule has 0 unspecified atom stereocenters. The molecular weight excluding hydrogens is 432 g/mol. The van der Waals surface area contributed by atoms with E-state index in [1.807, 2.05) is 0 Å². The predicted octanol–water partition coefficient (Wildman–Crippen LogP) is 2.93. The summed E-state index contributed by atoms with van der Waals surface area (Å²) in [6.07, 6.45) is 0. The molecule has 11 heteroatoms. The average Bonchev–Trinajstić information content (AvgIpc) is 3.35. The smallest absolute Gasteiger partial charge is 0.261 e. The molecule has 0 saturated heterocycles. The molecule has 0 fully saturated rings. The minimum Gasteiger partial charge on any atom is -0.497 e. The number of hydrogen-bond acceptors (Lipinski definition) is 7. The van der Waals surface area contributed by atoms with Gasteiger partial charge in [0.1, 0.15) is 5.75 Å². The maximum Gasteiger partial charge on any atom is 0.261 e. The summed E-state index contributed by atoms with van der Waals surface area (Å²) in [5.74, 6) is 0.561. The highest BCUT2D eigenvalue weighted by molar-refractivity contribution is 7.92. The van der Waals surface area contributed by atoms with Crippen LogP contribution in [-0.2, 0) is 10.0 Å². The number of carbonyl (C=O) groups excluding carboxylic acids is 1. The van der Waals surface area contributed by atoms with Crippen molar-refractivity contribution in [3.63, 3.8) is 0 Å². The van der Waals surface area contributed by atoms with E-state index in [-0.39, 0.29) is 4.90 Å². The first kappa shape index (κ1) is 21.0. The Kier molecular flexibility index (Phi) is 5.81. The Morgan fingerprint density at radius 1 is 0.969 bits per heavy atom. The minimum atomic E-state index is -3.86. The fourth-order valence-electron chi connectivity index (χ4n) is 2.90. The van der Waals surface area contributed by atoms with Crippen molar-refractivity contribution in [2.75, 3.05) is 17.1 Å². The quantitative estimate of drug-likeness (QED) is 0.393. The van der Waals surface area contributed by atoms with Crippen LogP contribution in [0.3, 0.4) is 0 Å². The fourth-order valence-corrected chi connectivity index (χ4v) is 4.01. The standard InChI is InChI=1S/C21H18N6O4S/c1-31-18-10-8-16(9-11-18)25-32(29,30)19-7-3-6-17(13-19)22-21(28)15-5-2-4-14(12-15)20-23-26-27-24-20/h2-13,25H,1H3,(H,22,28)(H,23,24,26,27). The number of aromatic nitrogens is 4. The molecule has 4 aromatic rings. The largest absolute Gasteiger partial charge is 0.497 e. The van der Waals surface area contributed by atoms with Gasteiger partial charge in [0.25, 0.3) is 15.9 Å². The van der Waals surface area contributed by atoms with Gasteiger partial charge in [0.05, 0.1) is 12.0 Å². The molecule has 1 amide bonds. The Labute approximate surface area is 183 Å². The summed E-state index contributed by atoms with van der Waals surface area (Å²) in [6.45, 7) is 0. The van der Waals surface area contributed by atoms with Crippen LogP contribution in [0.15, 0.2) is 77.7 Å². The number of tetrazole rings is 1. The lowest BCUT2D eigenvalue weighted by Gasteiger charge is -2.11. The molecule has 10 nitrogen and oxygen atoms in total. The van der Waals surface area contributed by atoms with Crippen LogP contribution < -0.4 is 14.8 Å². The summed E-state index contributed by atoms with van der Waals surface area (Å²) in [5.41, 5.74) is 1.69. The molecule has 162 valence electrons. The Morgan fingerprint density at radius 3 is 2.47 bits per heavy atom. The first-order valence-corrected chi connectivity index (χ1v) is 10.8. The number of anilines is 2. The molecule has 0 bridgehead atoms. The van der Waals surface area contributed by atoms with Gasteiger partial charge < -0.3 is 10.1 Å². The Morgan fingerprint density at radius 2 is 1.75 bits per heavy atom. The minimum absolute atomic E-state index is 0.00617. The van der Waals surface area contributed by atoms with Crippen molar-refractivity contribution in [3.8, 4) is 17.1 Å². The van der Waals surface area contributed by atoms with Crippen molar-refractivity contribution >= 4 is 27.3 Å². The molecule has 0 atom stereocenters. The van der Waals surface area contributed by atoms with Crippen LogP contribution >= 0.6 is 0 Å². The maximum atomic E-state index is 12.8. The summed E-state index contributed by atoms with van der Waals surface area (Å²) < 4.78 is 33.1. The first-order chi connectivity index (χ1) is 15.4. The number of sulfonamides is 1. The second-order valence-corrected chi connectivity index (χ2v) is 8.31. The summed E-state index contributed by atoms with van der Waals surface area (Å²) >= 11 is 0. The third-order valence-electron chi connectivity index (χ3n) is 4.47. The molecule has 0 aliphatic carbocycles. The number of ether oxygens (including phenoxy) is 1. The topological polar surface area (TPSA) is 139 Å². The van der Waals surface area contributed by atoms with Gasteiger partial charge in [-0.25, -0.2) is 8.42 Å². The highest BCUT2D eigenvalue weighted by atomic mass is 32.2. The highest BCUT2D eigenvalue weighted by Gasteiger charge is 2.16. The monoisotopic (exact) mass is 450 g/mol. The van der Waals surface area contributed by atoms with E-state index in [1.165, 1.54) is 19.2 Å². The number of rotatable bonds is 7. The Balaban J connectivity index is 1.51. The lowest BCUT2D eigenvalue weighted by molar-refractivity contribution is 0.102. The molecule has 0 saturated carbocycles. The normalized spacial score (nSPS) is 11.0. The molecule has 4 rings (SSSR count). The van der Waals surface area contributed by atoms with Gasteiger partial charge in [-0.2, -0.15) is 5.21 Å². The second-order valence-electron chi connectivity index (χ2n) is 6.63. The lowest BCUT2D eigenvalue weighted by Crippen LogP contribution is -2.15. The number of nitrogens with zero attached hydrogens (tertiary/aromatic N) is 3. The van der Waals surface area contributed by atoms with Crippen molar-refractivity contribution in [2.45, 2.75) is 4.90 Å². The summed E-state index contributed by atoms with van der Waals surface area (Å²) in [5, 5.41) is 16.4. The molecule has 32 heavy (non-hydrogen) atoms. The highest BCUT2D eigenvalue weighted by Crippen LogP contribution is 2.22. The average molecular weight is 450 g/mol. The van der Waals surface area contributed by atoms with Crippen LogP contribution in [0, 0.1) is 0 Å². The number of H-pyrrole nitrogens is 1. The van der Waals surface area contributed by atoms with Crippen LogP contribution in [0.25, 0.3) is 11.4 Å². The molecule has 0 aliphatic rings. The zero-order valence-corrected chi connectivity index (χ0v) is 17.6. The SMILES string of the molecule is COc1ccc(NS(=O)(=O)c2cccc(NC(=O)c3cccc(-c4nn[nH]n4)c3)c2)cc1. The summed E-state index contributed by atoms with van der Waals surface area (Å²) in [4.78, 5) is 12.7. The molecule has 1 heterocycles. The number of methoxy groups -OCH3 is 1. The Hall–Kier alpha value is -4.25. The van der Waals surface area contributed by atoms with Gasteiger partial charge in [0.15, 0.2) is 0 Å². The number of carbonyl (C=O) groups is 1. The zero-order chi connectivity index (χ0) is 22.6. The third-order valence-corrected chi connectivity index (χ3v) is 5.85.